The van der Waals surface area contributed by atoms with E-state index in [0.717, 1.165) is 46.0 Å². The highest BCUT2D eigenvalue weighted by molar-refractivity contribution is 6.13. The molecule has 35 heavy (non-hydrogen) atoms. The smallest absolute Gasteiger partial charge is 0.188 e. The number of aryl methyl sites for hydroxylation is 4. The van der Waals surface area contributed by atoms with Crippen molar-refractivity contribution in [2.75, 3.05) is 12.4 Å². The van der Waals surface area contributed by atoms with Gasteiger partial charge in [0, 0.05) is 28.9 Å². The molecule has 2 N–H and O–H groups in total. The van der Waals surface area contributed by atoms with Crippen LogP contribution in [0.2, 0.25) is 0 Å². The number of nitrogens with zero attached hydrogens (tertiary/aromatic N) is 5. The highest BCUT2D eigenvalue weighted by Crippen LogP contribution is 2.44. The van der Waals surface area contributed by atoms with Gasteiger partial charge in [-0.2, -0.15) is 5.10 Å². The minimum Gasteiger partial charge on any atom is -0.496 e. The van der Waals surface area contributed by atoms with Crippen molar-refractivity contribution in [2.45, 2.75) is 53.0 Å². The molecule has 1 fully saturated rings. The van der Waals surface area contributed by atoms with Gasteiger partial charge < -0.3 is 19.6 Å². The van der Waals surface area contributed by atoms with Gasteiger partial charge in [-0.25, -0.2) is 19.0 Å². The summed E-state index contributed by atoms with van der Waals surface area (Å²) in [6.45, 7) is 8.08. The van der Waals surface area contributed by atoms with E-state index in [1.165, 1.54) is 0 Å². The van der Waals surface area contributed by atoms with E-state index in [1.54, 1.807) is 11.8 Å². The van der Waals surface area contributed by atoms with Gasteiger partial charge in [-0.15, -0.1) is 0 Å². The second-order valence-corrected chi connectivity index (χ2v) is 9.03. The molecule has 4 aromatic heterocycles. The Bertz CT molecular complexity index is 1590. The maximum absolute atomic E-state index is 15.4. The van der Waals surface area contributed by atoms with Crippen LogP contribution >= 0.6 is 0 Å². The van der Waals surface area contributed by atoms with Gasteiger partial charge in [-0.05, 0) is 52.7 Å². The van der Waals surface area contributed by atoms with E-state index in [2.05, 4.69) is 30.5 Å². The second kappa shape index (κ2) is 7.79. The number of rotatable bonds is 6. The zero-order valence-electron chi connectivity index (χ0n) is 20.3. The van der Waals surface area contributed by atoms with Crippen molar-refractivity contribution in [3.8, 4) is 16.9 Å². The van der Waals surface area contributed by atoms with Crippen LogP contribution < -0.4 is 10.1 Å². The Labute approximate surface area is 200 Å². The Morgan fingerprint density at radius 1 is 1.23 bits per heavy atom. The SMILES string of the molecule is CCn1nc(C2CC2)c(F)c1Nc1nc(C)nc2[nH]c3cc(-c4c(C)noc4C)c(OC)cc3c12. The summed E-state index contributed by atoms with van der Waals surface area (Å²) in [6.07, 6.45) is 1.95. The highest BCUT2D eigenvalue weighted by atomic mass is 19.1. The standard InChI is InChI=1S/C25H26FN7O2/c1-6-33-25(21(26)22(31-33)14-7-8-14)30-24-20-15-10-18(34-5)16(19-11(2)32-35-12(19)3)9-17(15)29-23(20)27-13(4)28-24/h9-10,14H,6-8H2,1-5H3,(H2,27,28,29,30). The van der Waals surface area contributed by atoms with Crippen LogP contribution in [0.15, 0.2) is 16.7 Å². The normalized spacial score (nSPS) is 13.8. The molecule has 0 spiro atoms. The largest absolute Gasteiger partial charge is 0.496 e. The fourth-order valence-electron chi connectivity index (χ4n) is 4.79. The molecule has 0 amide bonds. The number of fused-ring (bicyclic) bond motifs is 3. The Hall–Kier alpha value is -3.95. The number of aromatic nitrogens is 6. The average molecular weight is 476 g/mol. The third-order valence-electron chi connectivity index (χ3n) is 6.61. The Balaban J connectivity index is 1.56. The third kappa shape index (κ3) is 3.35. The molecule has 1 saturated carbocycles. The molecule has 1 aromatic carbocycles. The summed E-state index contributed by atoms with van der Waals surface area (Å²) in [5.74, 6) is 2.68. The molecule has 5 aromatic rings. The molecule has 1 aliphatic rings. The number of ether oxygens (including phenoxy) is 1. The lowest BCUT2D eigenvalue weighted by Crippen LogP contribution is -2.06. The van der Waals surface area contributed by atoms with Crippen LogP contribution in [0.3, 0.4) is 0 Å². The number of hydrogen-bond donors (Lipinski definition) is 2. The topological polar surface area (TPSA) is 107 Å². The zero-order chi connectivity index (χ0) is 24.4. The van der Waals surface area contributed by atoms with E-state index >= 15 is 4.39 Å². The van der Waals surface area contributed by atoms with Gasteiger partial charge in [0.2, 0.25) is 0 Å². The number of benzene rings is 1. The lowest BCUT2D eigenvalue weighted by molar-refractivity contribution is 0.393. The number of aromatic amines is 1. The fraction of sp³-hybridized carbons (Fsp3) is 0.360. The minimum atomic E-state index is -0.308. The van der Waals surface area contributed by atoms with Crippen LogP contribution in [-0.2, 0) is 6.54 Å². The first-order valence-corrected chi connectivity index (χ1v) is 11.7. The van der Waals surface area contributed by atoms with Gasteiger partial charge in [0.25, 0.3) is 0 Å². The van der Waals surface area contributed by atoms with Gasteiger partial charge in [0.1, 0.15) is 34.5 Å². The molecule has 0 aliphatic heterocycles. The van der Waals surface area contributed by atoms with E-state index in [1.807, 2.05) is 39.8 Å². The average Bonchev–Trinajstić information content (AvgIpc) is 3.44. The summed E-state index contributed by atoms with van der Waals surface area (Å²) >= 11 is 0. The maximum atomic E-state index is 15.4. The van der Waals surface area contributed by atoms with Crippen LogP contribution in [-0.4, -0.2) is 37.0 Å². The van der Waals surface area contributed by atoms with E-state index in [4.69, 9.17) is 9.26 Å². The van der Waals surface area contributed by atoms with Gasteiger partial charge in [-0.1, -0.05) is 5.16 Å². The quantitative estimate of drug-likeness (QED) is 0.325. The van der Waals surface area contributed by atoms with Crippen LogP contribution in [0.5, 0.6) is 5.75 Å². The predicted molar refractivity (Wildman–Crippen MR) is 131 cm³/mol. The van der Waals surface area contributed by atoms with Gasteiger partial charge in [0.15, 0.2) is 11.6 Å². The van der Waals surface area contributed by atoms with E-state index < -0.39 is 0 Å². The summed E-state index contributed by atoms with van der Waals surface area (Å²) < 4.78 is 28.2. The molecule has 9 nitrogen and oxygen atoms in total. The van der Waals surface area contributed by atoms with E-state index in [9.17, 15) is 0 Å². The van der Waals surface area contributed by atoms with Gasteiger partial charge in [0.05, 0.1) is 23.8 Å². The molecule has 0 unspecified atom stereocenters. The van der Waals surface area contributed by atoms with Crippen molar-refractivity contribution < 1.29 is 13.7 Å². The molecule has 4 heterocycles. The number of H-pyrrole nitrogens is 1. The van der Waals surface area contributed by atoms with Crippen LogP contribution in [0.25, 0.3) is 33.1 Å². The number of nitrogens with one attached hydrogen (secondary N) is 2. The van der Waals surface area contributed by atoms with E-state index in [0.29, 0.717) is 46.9 Å². The monoisotopic (exact) mass is 475 g/mol. The van der Waals surface area contributed by atoms with Crippen LogP contribution in [0.4, 0.5) is 16.0 Å². The van der Waals surface area contributed by atoms with Crippen molar-refractivity contribution in [3.63, 3.8) is 0 Å². The van der Waals surface area contributed by atoms with Crippen LogP contribution in [0.1, 0.15) is 48.7 Å². The van der Waals surface area contributed by atoms with Crippen molar-refractivity contribution in [1.29, 1.82) is 0 Å². The molecular weight excluding hydrogens is 449 g/mol. The summed E-state index contributed by atoms with van der Waals surface area (Å²) in [5, 5.41) is 13.5. The molecule has 0 radical (unpaired) electrons. The molecular formula is C25H26FN7O2. The van der Waals surface area contributed by atoms with Gasteiger partial charge in [-0.3, -0.25) is 0 Å². The molecule has 0 saturated heterocycles. The minimum absolute atomic E-state index is 0.204. The first kappa shape index (κ1) is 21.6. The Morgan fingerprint density at radius 2 is 2.03 bits per heavy atom. The summed E-state index contributed by atoms with van der Waals surface area (Å²) in [5.41, 5.74) is 4.57. The fourth-order valence-corrected chi connectivity index (χ4v) is 4.79. The van der Waals surface area contributed by atoms with Crippen molar-refractivity contribution in [3.05, 3.63) is 40.9 Å². The van der Waals surface area contributed by atoms with Crippen LogP contribution in [0, 0.1) is 26.6 Å². The maximum Gasteiger partial charge on any atom is 0.188 e. The first-order chi connectivity index (χ1) is 16.9. The Morgan fingerprint density at radius 3 is 2.69 bits per heavy atom. The lowest BCUT2D eigenvalue weighted by Gasteiger charge is -2.11. The molecule has 0 bridgehead atoms. The number of halogens is 1. The number of hydrogen-bond acceptors (Lipinski definition) is 7. The number of methoxy groups -OCH3 is 1. The van der Waals surface area contributed by atoms with Crippen molar-refractivity contribution in [1.82, 2.24) is 29.9 Å². The highest BCUT2D eigenvalue weighted by Gasteiger charge is 2.32. The second-order valence-electron chi connectivity index (χ2n) is 9.03. The molecule has 180 valence electrons. The molecule has 0 atom stereocenters. The third-order valence-corrected chi connectivity index (χ3v) is 6.61. The summed E-state index contributed by atoms with van der Waals surface area (Å²) in [6, 6.07) is 3.95. The number of anilines is 2. The lowest BCUT2D eigenvalue weighted by atomic mass is 10.0. The van der Waals surface area contributed by atoms with Gasteiger partial charge >= 0.3 is 0 Å². The van der Waals surface area contributed by atoms with E-state index in [-0.39, 0.29) is 11.7 Å². The zero-order valence-corrected chi connectivity index (χ0v) is 20.3. The molecule has 6 rings (SSSR count). The Kier molecular flexibility index (Phi) is 4.80. The summed E-state index contributed by atoms with van der Waals surface area (Å²) in [4.78, 5) is 12.7. The van der Waals surface area contributed by atoms with Crippen molar-refractivity contribution >= 4 is 33.6 Å². The van der Waals surface area contributed by atoms with Crippen molar-refractivity contribution in [2.24, 2.45) is 0 Å². The first-order valence-electron chi connectivity index (χ1n) is 11.7. The molecule has 10 heteroatoms. The molecule has 1 aliphatic carbocycles. The predicted octanol–water partition coefficient (Wildman–Crippen LogP) is 5.68. The summed E-state index contributed by atoms with van der Waals surface area (Å²) in [7, 11) is 1.63.